The summed E-state index contributed by atoms with van der Waals surface area (Å²) in [5, 5.41) is 1.85. The molecule has 2 aromatic rings. The first kappa shape index (κ1) is 16.9. The lowest BCUT2D eigenvalue weighted by molar-refractivity contribution is 0.307. The summed E-state index contributed by atoms with van der Waals surface area (Å²) in [6, 6.07) is 9.21. The maximum Gasteiger partial charge on any atom is 0.305 e. The second-order valence-corrected chi connectivity index (χ2v) is 10.1. The molecule has 5 atom stereocenters. The van der Waals surface area contributed by atoms with E-state index in [-0.39, 0.29) is 4.87 Å². The number of thioether (sulfide) groups is 1. The first-order valence-electron chi connectivity index (χ1n) is 9.94. The van der Waals surface area contributed by atoms with Gasteiger partial charge in [-0.2, -0.15) is 0 Å². The minimum atomic E-state index is 0.111. The van der Waals surface area contributed by atoms with Gasteiger partial charge in [-0.3, -0.25) is 4.79 Å². The highest BCUT2D eigenvalue weighted by molar-refractivity contribution is 8.00. The summed E-state index contributed by atoms with van der Waals surface area (Å²) in [4.78, 5) is 19.0. The fourth-order valence-corrected chi connectivity index (χ4v) is 8.60. The van der Waals surface area contributed by atoms with Gasteiger partial charge in [0, 0.05) is 34.8 Å². The maximum atomic E-state index is 12.1. The molecule has 3 aliphatic rings. The molecule has 26 heavy (non-hydrogen) atoms. The monoisotopic (exact) mass is 386 g/mol. The van der Waals surface area contributed by atoms with E-state index >= 15 is 0 Å². The van der Waals surface area contributed by atoms with E-state index < -0.39 is 0 Å². The smallest absolute Gasteiger partial charge is 0.305 e. The molecule has 2 fully saturated rings. The number of aromatic amines is 1. The van der Waals surface area contributed by atoms with Gasteiger partial charge < -0.3 is 9.88 Å². The molecule has 5 heteroatoms. The van der Waals surface area contributed by atoms with Gasteiger partial charge in [0.15, 0.2) is 0 Å². The van der Waals surface area contributed by atoms with Gasteiger partial charge in [-0.15, -0.1) is 11.8 Å². The third-order valence-corrected chi connectivity index (χ3v) is 9.47. The van der Waals surface area contributed by atoms with Crippen molar-refractivity contribution in [1.82, 2.24) is 4.98 Å². The number of anilines is 1. The van der Waals surface area contributed by atoms with Gasteiger partial charge in [0.1, 0.15) is 0 Å². The Morgan fingerprint density at radius 3 is 2.58 bits per heavy atom. The van der Waals surface area contributed by atoms with Crippen molar-refractivity contribution in [2.45, 2.75) is 49.3 Å². The number of aromatic nitrogens is 1. The fourth-order valence-electron chi connectivity index (χ4n) is 5.70. The van der Waals surface area contributed by atoms with Gasteiger partial charge in [0.05, 0.1) is 5.03 Å². The van der Waals surface area contributed by atoms with Crippen LogP contribution in [0.2, 0.25) is 0 Å². The molecule has 0 radical (unpaired) electrons. The summed E-state index contributed by atoms with van der Waals surface area (Å²) >= 11 is 3.42. The molecule has 2 heterocycles. The molecule has 0 amide bonds. The number of hydrogen-bond acceptors (Lipinski definition) is 4. The Morgan fingerprint density at radius 2 is 1.85 bits per heavy atom. The lowest BCUT2D eigenvalue weighted by Gasteiger charge is -2.40. The quantitative estimate of drug-likeness (QED) is 0.809. The SMILES string of the molecule is CCN(CC)c1ccc([C@@H]2c3sc(=O)[nH]c3S[C@@H]3[C@H]4CC[C@@H](C4)[C@@H]23)cc1. The Bertz CT molecular complexity index is 852. The van der Waals surface area contributed by atoms with E-state index in [2.05, 4.69) is 48.0 Å². The number of nitrogens with zero attached hydrogens (tertiary/aromatic N) is 1. The molecule has 2 aliphatic carbocycles. The van der Waals surface area contributed by atoms with Crippen LogP contribution in [0.5, 0.6) is 0 Å². The Kier molecular flexibility index (Phi) is 4.20. The number of thiazole rings is 1. The van der Waals surface area contributed by atoms with Crippen molar-refractivity contribution in [2.24, 2.45) is 17.8 Å². The number of rotatable bonds is 4. The zero-order valence-corrected chi connectivity index (χ0v) is 17.0. The van der Waals surface area contributed by atoms with Crippen LogP contribution in [0, 0.1) is 17.8 Å². The minimum Gasteiger partial charge on any atom is -0.372 e. The predicted octanol–water partition coefficient (Wildman–Crippen LogP) is 4.93. The lowest BCUT2D eigenvalue weighted by Crippen LogP contribution is -2.33. The average Bonchev–Trinajstić information content (AvgIpc) is 3.35. The van der Waals surface area contributed by atoms with Crippen LogP contribution in [0.4, 0.5) is 5.69 Å². The molecule has 3 nitrogen and oxygen atoms in total. The third kappa shape index (κ3) is 2.50. The number of fused-ring (bicyclic) bond motifs is 6. The van der Waals surface area contributed by atoms with Crippen LogP contribution < -0.4 is 9.77 Å². The lowest BCUT2D eigenvalue weighted by atomic mass is 9.75. The van der Waals surface area contributed by atoms with E-state index in [1.165, 1.54) is 46.7 Å². The third-order valence-electron chi connectivity index (χ3n) is 6.85. The largest absolute Gasteiger partial charge is 0.372 e. The summed E-state index contributed by atoms with van der Waals surface area (Å²) < 4.78 is 0. The Morgan fingerprint density at radius 1 is 1.12 bits per heavy atom. The molecular formula is C21H26N2OS2. The zero-order valence-electron chi connectivity index (χ0n) is 15.4. The standard InChI is InChI=1S/C21H26N2OS2/c1-3-23(4-2)15-9-7-12(8-10-15)16-17-13-5-6-14(11-13)18(17)25-20-19(16)26-21(24)22-20/h7-10,13-14,16-18H,3-6,11H2,1-2H3,(H,22,24)/t13-,14-,16-,17-,18+/m0/s1. The molecule has 1 aromatic carbocycles. The van der Waals surface area contributed by atoms with Gasteiger partial charge in [-0.1, -0.05) is 23.5 Å². The summed E-state index contributed by atoms with van der Waals surface area (Å²) in [7, 11) is 0. The van der Waals surface area contributed by atoms with E-state index in [9.17, 15) is 4.79 Å². The molecule has 0 spiro atoms. The molecule has 1 aliphatic heterocycles. The van der Waals surface area contributed by atoms with Crippen molar-refractivity contribution < 1.29 is 0 Å². The van der Waals surface area contributed by atoms with Crippen LogP contribution in [0.3, 0.4) is 0 Å². The number of H-pyrrole nitrogens is 1. The van der Waals surface area contributed by atoms with Gasteiger partial charge >= 0.3 is 4.87 Å². The molecular weight excluding hydrogens is 360 g/mol. The number of benzene rings is 1. The van der Waals surface area contributed by atoms with Gasteiger partial charge in [-0.25, -0.2) is 0 Å². The molecule has 2 saturated carbocycles. The topological polar surface area (TPSA) is 36.1 Å². The Balaban J connectivity index is 1.56. The highest BCUT2D eigenvalue weighted by Crippen LogP contribution is 2.63. The van der Waals surface area contributed by atoms with E-state index in [0.717, 1.165) is 30.0 Å². The first-order chi connectivity index (χ1) is 12.7. The summed E-state index contributed by atoms with van der Waals surface area (Å²) in [5.74, 6) is 2.80. The van der Waals surface area contributed by atoms with Crippen LogP contribution in [-0.4, -0.2) is 23.3 Å². The molecule has 1 N–H and O–H groups in total. The fraction of sp³-hybridized carbons (Fsp3) is 0.571. The van der Waals surface area contributed by atoms with E-state index in [0.29, 0.717) is 17.1 Å². The minimum absolute atomic E-state index is 0.111. The van der Waals surface area contributed by atoms with Gasteiger partial charge in [0.25, 0.3) is 0 Å². The molecule has 5 rings (SSSR count). The van der Waals surface area contributed by atoms with Crippen molar-refractivity contribution in [1.29, 1.82) is 0 Å². The number of nitrogens with one attached hydrogen (secondary N) is 1. The van der Waals surface area contributed by atoms with Crippen LogP contribution in [0.15, 0.2) is 34.1 Å². The molecule has 2 bridgehead atoms. The zero-order chi connectivity index (χ0) is 17.8. The van der Waals surface area contributed by atoms with E-state index in [1.807, 2.05) is 11.8 Å². The van der Waals surface area contributed by atoms with Crippen molar-refractivity contribution in [3.8, 4) is 0 Å². The highest BCUT2D eigenvalue weighted by Gasteiger charge is 2.54. The van der Waals surface area contributed by atoms with Crippen molar-refractivity contribution in [2.75, 3.05) is 18.0 Å². The molecule has 0 unspecified atom stereocenters. The molecule has 1 aromatic heterocycles. The molecule has 0 saturated heterocycles. The summed E-state index contributed by atoms with van der Waals surface area (Å²) in [6.07, 6.45) is 4.17. The van der Waals surface area contributed by atoms with Gasteiger partial charge in [0.2, 0.25) is 0 Å². The van der Waals surface area contributed by atoms with Crippen LogP contribution in [-0.2, 0) is 0 Å². The number of hydrogen-bond donors (Lipinski definition) is 1. The molecule has 138 valence electrons. The highest BCUT2D eigenvalue weighted by atomic mass is 32.2. The van der Waals surface area contributed by atoms with Crippen molar-refractivity contribution >= 4 is 28.8 Å². The summed E-state index contributed by atoms with van der Waals surface area (Å²) in [5.41, 5.74) is 2.70. The second-order valence-electron chi connectivity index (χ2n) is 7.94. The van der Waals surface area contributed by atoms with Crippen LogP contribution in [0.25, 0.3) is 0 Å². The van der Waals surface area contributed by atoms with Gasteiger partial charge in [-0.05, 0) is 68.6 Å². The van der Waals surface area contributed by atoms with Crippen molar-refractivity contribution in [3.05, 3.63) is 44.4 Å². The Labute approximate surface area is 163 Å². The predicted molar refractivity (Wildman–Crippen MR) is 111 cm³/mol. The second kappa shape index (κ2) is 6.45. The maximum absolute atomic E-state index is 12.1. The van der Waals surface area contributed by atoms with Crippen LogP contribution in [0.1, 0.15) is 49.5 Å². The average molecular weight is 387 g/mol. The normalized spacial score (nSPS) is 31.7. The summed E-state index contributed by atoms with van der Waals surface area (Å²) in [6.45, 7) is 6.49. The van der Waals surface area contributed by atoms with E-state index in [1.54, 1.807) is 0 Å². The van der Waals surface area contributed by atoms with E-state index in [4.69, 9.17) is 0 Å². The Hall–Kier alpha value is -1.20. The van der Waals surface area contributed by atoms with Crippen LogP contribution >= 0.6 is 23.1 Å². The van der Waals surface area contributed by atoms with Crippen molar-refractivity contribution in [3.63, 3.8) is 0 Å². The first-order valence-corrected chi connectivity index (χ1v) is 11.6.